The zero-order valence-corrected chi connectivity index (χ0v) is 11.1. The van der Waals surface area contributed by atoms with Crippen LogP contribution in [0.1, 0.15) is 43.5 Å². The third-order valence-corrected chi connectivity index (χ3v) is 3.91. The maximum atomic E-state index is 11.7. The number of H-pyrrole nitrogens is 1. The van der Waals surface area contributed by atoms with Gasteiger partial charge in [0.15, 0.2) is 0 Å². The van der Waals surface area contributed by atoms with Crippen molar-refractivity contribution >= 4 is 0 Å². The van der Waals surface area contributed by atoms with Gasteiger partial charge in [0.2, 0.25) is 0 Å². The minimum absolute atomic E-state index is 0.0646. The highest BCUT2D eigenvalue weighted by molar-refractivity contribution is 5.64. The number of nitrogens with zero attached hydrogens (tertiary/aromatic N) is 1. The molecule has 98 valence electrons. The fourth-order valence-electron chi connectivity index (χ4n) is 2.62. The number of rotatable bonds is 3. The van der Waals surface area contributed by atoms with E-state index >= 15 is 0 Å². The highest BCUT2D eigenvalue weighted by Crippen LogP contribution is 2.40. The van der Waals surface area contributed by atoms with Gasteiger partial charge in [0.25, 0.3) is 5.56 Å². The predicted molar refractivity (Wildman–Crippen MR) is 76.3 cm³/mol. The van der Waals surface area contributed by atoms with E-state index in [0.29, 0.717) is 5.92 Å². The Morgan fingerprint density at radius 2 is 2.11 bits per heavy atom. The first kappa shape index (κ1) is 12.2. The number of hydrogen-bond acceptors (Lipinski definition) is 2. The van der Waals surface area contributed by atoms with E-state index in [4.69, 9.17) is 0 Å². The fraction of sp³-hybridized carbons (Fsp3) is 0.375. The molecule has 0 spiro atoms. The van der Waals surface area contributed by atoms with Gasteiger partial charge in [-0.2, -0.15) is 0 Å². The van der Waals surface area contributed by atoms with Crippen LogP contribution in [0.4, 0.5) is 0 Å². The minimum Gasteiger partial charge on any atom is -0.311 e. The molecule has 0 saturated heterocycles. The van der Waals surface area contributed by atoms with Crippen LogP contribution < -0.4 is 5.56 Å². The van der Waals surface area contributed by atoms with E-state index in [1.807, 2.05) is 13.0 Å². The van der Waals surface area contributed by atoms with Gasteiger partial charge in [-0.1, -0.05) is 37.6 Å². The van der Waals surface area contributed by atoms with Gasteiger partial charge < -0.3 is 4.98 Å². The van der Waals surface area contributed by atoms with Gasteiger partial charge in [-0.3, -0.25) is 4.79 Å². The lowest BCUT2D eigenvalue weighted by molar-refractivity contribution is 0.420. The summed E-state index contributed by atoms with van der Waals surface area (Å²) in [6.45, 7) is 2.00. The van der Waals surface area contributed by atoms with Gasteiger partial charge >= 0.3 is 0 Å². The van der Waals surface area contributed by atoms with Crippen LogP contribution in [0.2, 0.25) is 0 Å². The zero-order valence-electron chi connectivity index (χ0n) is 11.1. The SMILES string of the molecule is CCc1nc(-c2ccccc2C2CCC2)cc(=O)[nH]1. The molecule has 0 unspecified atom stereocenters. The Morgan fingerprint density at radius 1 is 1.32 bits per heavy atom. The van der Waals surface area contributed by atoms with Crippen molar-refractivity contribution in [3.8, 4) is 11.3 Å². The molecule has 2 aromatic rings. The van der Waals surface area contributed by atoms with E-state index in [0.717, 1.165) is 23.5 Å². The van der Waals surface area contributed by atoms with Gasteiger partial charge in [-0.15, -0.1) is 0 Å². The van der Waals surface area contributed by atoms with Crippen molar-refractivity contribution in [2.24, 2.45) is 0 Å². The minimum atomic E-state index is -0.0646. The third kappa shape index (κ3) is 2.33. The average molecular weight is 254 g/mol. The highest BCUT2D eigenvalue weighted by atomic mass is 16.1. The lowest BCUT2D eigenvalue weighted by atomic mass is 9.78. The van der Waals surface area contributed by atoms with Gasteiger partial charge in [0.1, 0.15) is 5.82 Å². The monoisotopic (exact) mass is 254 g/mol. The molecule has 0 aliphatic heterocycles. The lowest BCUT2D eigenvalue weighted by Gasteiger charge is -2.27. The van der Waals surface area contributed by atoms with Gasteiger partial charge in [0, 0.05) is 18.1 Å². The van der Waals surface area contributed by atoms with Crippen LogP contribution in [0.3, 0.4) is 0 Å². The summed E-state index contributed by atoms with van der Waals surface area (Å²) < 4.78 is 0. The van der Waals surface area contributed by atoms with Crippen LogP contribution in [-0.4, -0.2) is 9.97 Å². The van der Waals surface area contributed by atoms with Crippen molar-refractivity contribution < 1.29 is 0 Å². The molecule has 0 atom stereocenters. The largest absolute Gasteiger partial charge is 0.311 e. The zero-order chi connectivity index (χ0) is 13.2. The molecule has 1 heterocycles. The summed E-state index contributed by atoms with van der Waals surface area (Å²) in [5, 5.41) is 0. The number of nitrogens with one attached hydrogen (secondary N) is 1. The lowest BCUT2D eigenvalue weighted by Crippen LogP contribution is -2.13. The second-order valence-corrected chi connectivity index (χ2v) is 5.15. The molecular weight excluding hydrogens is 236 g/mol. The Balaban J connectivity index is 2.11. The van der Waals surface area contributed by atoms with Crippen LogP contribution in [0.15, 0.2) is 35.1 Å². The summed E-state index contributed by atoms with van der Waals surface area (Å²) >= 11 is 0. The van der Waals surface area contributed by atoms with Gasteiger partial charge in [-0.05, 0) is 24.3 Å². The molecule has 3 nitrogen and oxygen atoms in total. The molecule has 3 rings (SSSR count). The molecule has 1 fully saturated rings. The molecule has 1 aromatic heterocycles. The Kier molecular flexibility index (Phi) is 3.20. The Bertz CT molecular complexity index is 641. The van der Waals surface area contributed by atoms with Crippen molar-refractivity contribution in [3.05, 3.63) is 52.1 Å². The van der Waals surface area contributed by atoms with E-state index in [-0.39, 0.29) is 5.56 Å². The number of aromatic nitrogens is 2. The number of hydrogen-bond donors (Lipinski definition) is 1. The van der Waals surface area contributed by atoms with Crippen molar-refractivity contribution in [3.63, 3.8) is 0 Å². The maximum Gasteiger partial charge on any atom is 0.251 e. The number of aryl methyl sites for hydroxylation is 1. The molecule has 19 heavy (non-hydrogen) atoms. The van der Waals surface area contributed by atoms with Crippen molar-refractivity contribution in [1.29, 1.82) is 0 Å². The van der Waals surface area contributed by atoms with Crippen molar-refractivity contribution in [2.75, 3.05) is 0 Å². The summed E-state index contributed by atoms with van der Waals surface area (Å²) in [4.78, 5) is 19.1. The number of aromatic amines is 1. The topological polar surface area (TPSA) is 45.8 Å². The summed E-state index contributed by atoms with van der Waals surface area (Å²) in [5.74, 6) is 1.40. The summed E-state index contributed by atoms with van der Waals surface area (Å²) in [6, 6.07) is 9.95. The average Bonchev–Trinajstić information content (AvgIpc) is 2.36. The third-order valence-electron chi connectivity index (χ3n) is 3.91. The van der Waals surface area contributed by atoms with E-state index < -0.39 is 0 Å². The van der Waals surface area contributed by atoms with Gasteiger partial charge in [-0.25, -0.2) is 4.98 Å². The molecule has 1 aromatic carbocycles. The molecule has 1 aliphatic rings. The Hall–Kier alpha value is -1.90. The van der Waals surface area contributed by atoms with E-state index in [2.05, 4.69) is 28.2 Å². The fourth-order valence-corrected chi connectivity index (χ4v) is 2.62. The van der Waals surface area contributed by atoms with E-state index in [9.17, 15) is 4.79 Å². The van der Waals surface area contributed by atoms with Crippen molar-refractivity contribution in [1.82, 2.24) is 9.97 Å². The maximum absolute atomic E-state index is 11.7. The first-order valence-corrected chi connectivity index (χ1v) is 6.97. The number of benzene rings is 1. The first-order chi connectivity index (χ1) is 9.28. The standard InChI is InChI=1S/C16H18N2O/c1-2-15-17-14(10-16(19)18-15)13-9-4-3-8-12(13)11-6-5-7-11/h3-4,8-11H,2,5-7H2,1H3,(H,17,18,19). The predicted octanol–water partition coefficient (Wildman–Crippen LogP) is 3.27. The molecule has 0 bridgehead atoms. The van der Waals surface area contributed by atoms with Crippen LogP contribution >= 0.6 is 0 Å². The molecule has 0 radical (unpaired) electrons. The normalized spacial score (nSPS) is 15.2. The summed E-state index contributed by atoms with van der Waals surface area (Å²) in [6.07, 6.45) is 4.55. The summed E-state index contributed by atoms with van der Waals surface area (Å²) in [5.41, 5.74) is 3.20. The van der Waals surface area contributed by atoms with Gasteiger partial charge in [0.05, 0.1) is 5.69 Å². The molecule has 1 N–H and O–H groups in total. The van der Waals surface area contributed by atoms with Crippen LogP contribution in [0.25, 0.3) is 11.3 Å². The van der Waals surface area contributed by atoms with Crippen molar-refractivity contribution in [2.45, 2.75) is 38.5 Å². The Morgan fingerprint density at radius 3 is 2.79 bits per heavy atom. The quantitative estimate of drug-likeness (QED) is 0.913. The molecule has 3 heteroatoms. The van der Waals surface area contributed by atoms with Crippen LogP contribution in [0.5, 0.6) is 0 Å². The smallest absolute Gasteiger partial charge is 0.251 e. The van der Waals surface area contributed by atoms with Crippen LogP contribution in [-0.2, 0) is 6.42 Å². The van der Waals surface area contributed by atoms with Crippen LogP contribution in [0, 0.1) is 0 Å². The van der Waals surface area contributed by atoms with E-state index in [1.165, 1.54) is 24.8 Å². The second kappa shape index (κ2) is 5.00. The molecule has 1 saturated carbocycles. The second-order valence-electron chi connectivity index (χ2n) is 5.15. The highest BCUT2D eigenvalue weighted by Gasteiger charge is 2.22. The van der Waals surface area contributed by atoms with E-state index in [1.54, 1.807) is 6.07 Å². The molecule has 1 aliphatic carbocycles. The first-order valence-electron chi connectivity index (χ1n) is 6.97. The Labute approximate surface area is 112 Å². The summed E-state index contributed by atoms with van der Waals surface area (Å²) in [7, 11) is 0. The molecule has 0 amide bonds. The molecular formula is C16H18N2O.